The Balaban J connectivity index is 1.59. The maximum absolute atomic E-state index is 12.1. The lowest BCUT2D eigenvalue weighted by Crippen LogP contribution is -2.44. The molecule has 0 spiro atoms. The number of amides is 2. The molecule has 2 saturated heterocycles. The first-order valence-corrected chi connectivity index (χ1v) is 6.95. The van der Waals surface area contributed by atoms with Gasteiger partial charge in [0, 0.05) is 13.0 Å². The van der Waals surface area contributed by atoms with Crippen molar-refractivity contribution < 1.29 is 24.2 Å². The Morgan fingerprint density at radius 3 is 3.10 bits per heavy atom. The largest absolute Gasteiger partial charge is 0.504 e. The van der Waals surface area contributed by atoms with E-state index >= 15 is 0 Å². The molecular weight excluding hydrogens is 274 g/mol. The van der Waals surface area contributed by atoms with Crippen LogP contribution in [0.4, 0.5) is 0 Å². The van der Waals surface area contributed by atoms with Gasteiger partial charge in [0.1, 0.15) is 0 Å². The molecule has 2 amide bonds. The van der Waals surface area contributed by atoms with E-state index in [9.17, 15) is 14.7 Å². The van der Waals surface area contributed by atoms with Gasteiger partial charge in [0.05, 0.1) is 13.2 Å². The Morgan fingerprint density at radius 2 is 2.33 bits per heavy atom. The van der Waals surface area contributed by atoms with Gasteiger partial charge in [0.2, 0.25) is 5.91 Å². The number of fused-ring (bicyclic) bond motifs is 1. The van der Waals surface area contributed by atoms with E-state index in [4.69, 9.17) is 9.47 Å². The molecule has 2 unspecified atom stereocenters. The zero-order valence-electron chi connectivity index (χ0n) is 11.7. The number of methoxy groups -OCH3 is 1. The van der Waals surface area contributed by atoms with Crippen molar-refractivity contribution in [2.24, 2.45) is 0 Å². The number of piperidine rings is 1. The number of likely N-dealkylation sites (tertiary alicyclic amines) is 1. The van der Waals surface area contributed by atoms with Gasteiger partial charge in [-0.3, -0.25) is 14.5 Å². The molecule has 3 rings (SSSR count). The minimum atomic E-state index is -0.392. The molecule has 2 aliphatic rings. The molecule has 112 valence electrons. The monoisotopic (exact) mass is 291 g/mol. The van der Waals surface area contributed by atoms with Crippen molar-refractivity contribution >= 4 is 11.8 Å². The summed E-state index contributed by atoms with van der Waals surface area (Å²) in [5, 5.41) is 9.53. The highest BCUT2D eigenvalue weighted by Crippen LogP contribution is 2.32. The smallest absolute Gasteiger partial charge is 0.261 e. The highest BCUT2D eigenvalue weighted by molar-refractivity contribution is 5.99. The second-order valence-electron chi connectivity index (χ2n) is 5.27. The number of aromatic hydroxyl groups is 1. The fraction of sp³-hybridized carbons (Fsp3) is 0.467. The van der Waals surface area contributed by atoms with Crippen LogP contribution < -0.4 is 4.74 Å². The van der Waals surface area contributed by atoms with Crippen molar-refractivity contribution in [1.82, 2.24) is 4.90 Å². The van der Waals surface area contributed by atoms with E-state index in [0.29, 0.717) is 18.7 Å². The van der Waals surface area contributed by atoms with Gasteiger partial charge in [-0.1, -0.05) is 6.07 Å². The molecule has 1 N–H and O–H groups in total. The molecule has 2 fully saturated rings. The average Bonchev–Trinajstić information content (AvgIpc) is 3.27. The molecule has 0 bridgehead atoms. The Hall–Kier alpha value is -2.08. The van der Waals surface area contributed by atoms with Crippen LogP contribution in [0.1, 0.15) is 18.4 Å². The summed E-state index contributed by atoms with van der Waals surface area (Å²) in [6, 6.07) is 4.97. The first-order valence-electron chi connectivity index (χ1n) is 6.95. The molecule has 2 heterocycles. The van der Waals surface area contributed by atoms with Gasteiger partial charge >= 0.3 is 0 Å². The molecule has 1 aromatic rings. The second kappa shape index (κ2) is 5.37. The molecule has 2 aliphatic heterocycles. The first-order chi connectivity index (χ1) is 10.1. The number of aryl methyl sites for hydroxylation is 1. The van der Waals surface area contributed by atoms with Crippen LogP contribution in [-0.2, 0) is 20.7 Å². The minimum Gasteiger partial charge on any atom is -0.504 e. The fourth-order valence-corrected chi connectivity index (χ4v) is 2.61. The summed E-state index contributed by atoms with van der Waals surface area (Å²) in [5.41, 5.74) is 0.878. The van der Waals surface area contributed by atoms with E-state index in [-0.39, 0.29) is 30.1 Å². The molecule has 1 aromatic carbocycles. The van der Waals surface area contributed by atoms with Crippen LogP contribution in [0.25, 0.3) is 0 Å². The molecule has 21 heavy (non-hydrogen) atoms. The van der Waals surface area contributed by atoms with Gasteiger partial charge in [-0.25, -0.2) is 0 Å². The van der Waals surface area contributed by atoms with Gasteiger partial charge < -0.3 is 14.6 Å². The zero-order valence-corrected chi connectivity index (χ0v) is 11.7. The third-order valence-corrected chi connectivity index (χ3v) is 3.90. The second-order valence-corrected chi connectivity index (χ2v) is 5.27. The standard InChI is InChI=1S/C15H17NO5/c1-20-12-8-9(2-4-10(12)17)3-5-13(18)16-7-6-11-14(21-11)15(16)19/h2,4,8,11,14,17H,3,5-7H2,1H3. The summed E-state index contributed by atoms with van der Waals surface area (Å²) in [4.78, 5) is 25.3. The maximum atomic E-state index is 12.1. The molecule has 0 radical (unpaired) electrons. The number of phenolic OH excluding ortho intramolecular Hbond substituents is 1. The number of ether oxygens (including phenoxy) is 2. The SMILES string of the molecule is COc1cc(CCC(=O)N2CCC3OC3C2=O)ccc1O. The van der Waals surface area contributed by atoms with Crippen LogP contribution in [0.3, 0.4) is 0 Å². The van der Waals surface area contributed by atoms with Gasteiger partial charge in [-0.2, -0.15) is 0 Å². The topological polar surface area (TPSA) is 79.4 Å². The summed E-state index contributed by atoms with van der Waals surface area (Å²) in [6.07, 6.45) is 1.11. The number of nitrogens with zero attached hydrogens (tertiary/aromatic N) is 1. The van der Waals surface area contributed by atoms with Crippen LogP contribution in [0, 0.1) is 0 Å². The number of rotatable bonds is 4. The summed E-state index contributed by atoms with van der Waals surface area (Å²) in [5.74, 6) is 0.0551. The van der Waals surface area contributed by atoms with Gasteiger partial charge in [-0.05, 0) is 30.5 Å². The quantitative estimate of drug-likeness (QED) is 0.832. The molecular formula is C15H17NO5. The lowest BCUT2D eigenvalue weighted by Gasteiger charge is -2.22. The third-order valence-electron chi connectivity index (χ3n) is 3.90. The number of epoxide rings is 1. The van der Waals surface area contributed by atoms with Crippen LogP contribution in [0.15, 0.2) is 18.2 Å². The van der Waals surface area contributed by atoms with Crippen LogP contribution in [0.2, 0.25) is 0 Å². The Labute approximate surface area is 122 Å². The summed E-state index contributed by atoms with van der Waals surface area (Å²) >= 11 is 0. The van der Waals surface area contributed by atoms with Crippen LogP contribution in [-0.4, -0.2) is 47.7 Å². The molecule has 0 saturated carbocycles. The third kappa shape index (κ3) is 2.71. The lowest BCUT2D eigenvalue weighted by atomic mass is 10.1. The predicted octanol–water partition coefficient (Wildman–Crippen LogP) is 0.860. The van der Waals surface area contributed by atoms with Crippen molar-refractivity contribution in [2.75, 3.05) is 13.7 Å². The number of hydrogen-bond donors (Lipinski definition) is 1. The van der Waals surface area contributed by atoms with Crippen molar-refractivity contribution in [3.8, 4) is 11.5 Å². The Kier molecular flexibility index (Phi) is 3.55. The number of hydrogen-bond acceptors (Lipinski definition) is 5. The number of benzene rings is 1. The van der Waals surface area contributed by atoms with Crippen molar-refractivity contribution in [1.29, 1.82) is 0 Å². The van der Waals surface area contributed by atoms with Gasteiger partial charge in [0.25, 0.3) is 5.91 Å². The molecule has 6 heteroatoms. The predicted molar refractivity (Wildman–Crippen MR) is 73.0 cm³/mol. The maximum Gasteiger partial charge on any atom is 0.261 e. The normalized spacial score (nSPS) is 23.7. The van der Waals surface area contributed by atoms with Crippen molar-refractivity contribution in [3.05, 3.63) is 23.8 Å². The highest BCUT2D eigenvalue weighted by atomic mass is 16.6. The highest BCUT2D eigenvalue weighted by Gasteiger charge is 2.51. The van der Waals surface area contributed by atoms with E-state index in [0.717, 1.165) is 12.0 Å². The number of phenols is 1. The van der Waals surface area contributed by atoms with Gasteiger partial charge in [0.15, 0.2) is 17.6 Å². The van der Waals surface area contributed by atoms with E-state index < -0.39 is 6.10 Å². The fourth-order valence-electron chi connectivity index (χ4n) is 2.61. The van der Waals surface area contributed by atoms with Gasteiger partial charge in [-0.15, -0.1) is 0 Å². The van der Waals surface area contributed by atoms with E-state index in [2.05, 4.69) is 0 Å². The van der Waals surface area contributed by atoms with Crippen molar-refractivity contribution in [2.45, 2.75) is 31.5 Å². The summed E-state index contributed by atoms with van der Waals surface area (Å²) < 4.78 is 10.2. The lowest BCUT2D eigenvalue weighted by molar-refractivity contribution is -0.146. The van der Waals surface area contributed by atoms with E-state index in [1.165, 1.54) is 18.1 Å². The number of imide groups is 1. The van der Waals surface area contributed by atoms with E-state index in [1.807, 2.05) is 0 Å². The zero-order chi connectivity index (χ0) is 15.0. The average molecular weight is 291 g/mol. The Bertz CT molecular complexity index is 585. The van der Waals surface area contributed by atoms with Crippen molar-refractivity contribution in [3.63, 3.8) is 0 Å². The van der Waals surface area contributed by atoms with Crippen LogP contribution in [0.5, 0.6) is 11.5 Å². The Morgan fingerprint density at radius 1 is 1.52 bits per heavy atom. The van der Waals surface area contributed by atoms with Crippen LogP contribution >= 0.6 is 0 Å². The molecule has 2 atom stereocenters. The summed E-state index contributed by atoms with van der Waals surface area (Å²) in [7, 11) is 1.47. The number of carbonyl (C=O) groups is 2. The first kappa shape index (κ1) is 13.9. The minimum absolute atomic E-state index is 0.0305. The molecule has 0 aliphatic carbocycles. The molecule has 6 nitrogen and oxygen atoms in total. The molecule has 0 aromatic heterocycles. The summed E-state index contributed by atoms with van der Waals surface area (Å²) in [6.45, 7) is 0.442. The van der Waals surface area contributed by atoms with E-state index in [1.54, 1.807) is 12.1 Å². The number of carbonyl (C=O) groups excluding carboxylic acids is 2.